The molecule has 4 nitrogen and oxygen atoms in total. The lowest BCUT2D eigenvalue weighted by molar-refractivity contribution is 0.142. The van der Waals surface area contributed by atoms with E-state index in [4.69, 9.17) is 5.26 Å². The Hall–Kier alpha value is -1.38. The second-order valence-corrected chi connectivity index (χ2v) is 5.92. The van der Waals surface area contributed by atoms with Crippen LogP contribution in [0.4, 0.5) is 0 Å². The average Bonchev–Trinajstić information content (AvgIpc) is 2.66. The first-order valence-electron chi connectivity index (χ1n) is 5.63. The van der Waals surface area contributed by atoms with Crippen LogP contribution < -0.4 is 0 Å². The van der Waals surface area contributed by atoms with Crippen molar-refractivity contribution in [3.8, 4) is 6.07 Å². The van der Waals surface area contributed by atoms with E-state index in [2.05, 4.69) is 27.0 Å². The number of hydrogen-bond acceptors (Lipinski definition) is 3. The van der Waals surface area contributed by atoms with Gasteiger partial charge in [0.1, 0.15) is 16.3 Å². The zero-order valence-electron chi connectivity index (χ0n) is 10.3. The summed E-state index contributed by atoms with van der Waals surface area (Å²) in [4.78, 5) is 4.41. The smallest absolute Gasteiger partial charge is 0.142 e. The highest BCUT2D eigenvalue weighted by atomic mass is 79.9. The summed E-state index contributed by atoms with van der Waals surface area (Å²) < 4.78 is 2.66. The van der Waals surface area contributed by atoms with Crippen molar-refractivity contribution in [1.82, 2.24) is 9.55 Å². The monoisotopic (exact) mass is 307 g/mol. The highest BCUT2D eigenvalue weighted by Crippen LogP contribution is 2.25. The van der Waals surface area contributed by atoms with Crippen molar-refractivity contribution in [2.24, 2.45) is 5.41 Å². The third-order valence-corrected chi connectivity index (χ3v) is 3.28. The summed E-state index contributed by atoms with van der Waals surface area (Å²) in [5.74, 6) is 0. The van der Waals surface area contributed by atoms with Crippen molar-refractivity contribution in [3.63, 3.8) is 0 Å². The van der Waals surface area contributed by atoms with Crippen LogP contribution in [0.15, 0.2) is 22.9 Å². The van der Waals surface area contributed by atoms with Crippen LogP contribution >= 0.6 is 15.9 Å². The number of nitrogens with zero attached hydrogens (tertiary/aromatic N) is 3. The lowest BCUT2D eigenvalue weighted by atomic mass is 9.95. The zero-order valence-corrected chi connectivity index (χ0v) is 11.9. The van der Waals surface area contributed by atoms with Gasteiger partial charge in [0.25, 0.3) is 0 Å². The fourth-order valence-electron chi connectivity index (χ4n) is 1.86. The Labute approximate surface area is 114 Å². The van der Waals surface area contributed by atoms with Crippen molar-refractivity contribution in [2.75, 3.05) is 6.61 Å². The summed E-state index contributed by atoms with van der Waals surface area (Å²) >= 11 is 3.34. The van der Waals surface area contributed by atoms with Gasteiger partial charge in [0.05, 0.1) is 5.56 Å². The highest BCUT2D eigenvalue weighted by molar-refractivity contribution is 9.10. The van der Waals surface area contributed by atoms with Crippen LogP contribution in [0.2, 0.25) is 0 Å². The lowest BCUT2D eigenvalue weighted by Crippen LogP contribution is -2.23. The Morgan fingerprint density at radius 1 is 1.50 bits per heavy atom. The number of nitriles is 1. The molecular formula is C13H14BrN3O. The molecule has 0 aliphatic rings. The molecule has 0 amide bonds. The molecule has 2 aromatic heterocycles. The minimum atomic E-state index is -0.247. The number of aromatic nitrogens is 2. The summed E-state index contributed by atoms with van der Waals surface area (Å²) in [7, 11) is 0. The summed E-state index contributed by atoms with van der Waals surface area (Å²) in [6.45, 7) is 4.65. The second kappa shape index (κ2) is 4.71. The summed E-state index contributed by atoms with van der Waals surface area (Å²) in [5.41, 5.74) is 1.13. The molecule has 2 rings (SSSR count). The van der Waals surface area contributed by atoms with Gasteiger partial charge in [-0.25, -0.2) is 4.98 Å². The lowest BCUT2D eigenvalue weighted by Gasteiger charge is -2.22. The van der Waals surface area contributed by atoms with Gasteiger partial charge in [-0.15, -0.1) is 0 Å². The molecule has 2 heterocycles. The van der Waals surface area contributed by atoms with E-state index < -0.39 is 0 Å². The van der Waals surface area contributed by atoms with Gasteiger partial charge in [0.2, 0.25) is 0 Å². The maximum Gasteiger partial charge on any atom is 0.142 e. The molecule has 2 aromatic rings. The predicted octanol–water partition coefficient (Wildman–Crippen LogP) is 2.69. The Balaban J connectivity index is 2.58. The van der Waals surface area contributed by atoms with Crippen molar-refractivity contribution < 1.29 is 5.11 Å². The molecule has 94 valence electrons. The molecule has 0 bridgehead atoms. The fourth-order valence-corrected chi connectivity index (χ4v) is 2.16. The quantitative estimate of drug-likeness (QED) is 0.887. The number of halogens is 1. The summed E-state index contributed by atoms with van der Waals surface area (Å²) in [6.07, 6.45) is 1.79. The molecule has 0 saturated carbocycles. The van der Waals surface area contributed by atoms with E-state index in [-0.39, 0.29) is 12.0 Å². The first-order valence-corrected chi connectivity index (χ1v) is 6.42. The number of rotatable bonds is 3. The molecule has 0 spiro atoms. The molecule has 5 heteroatoms. The molecule has 0 fully saturated rings. The van der Waals surface area contributed by atoms with Gasteiger partial charge in [-0.05, 0) is 28.1 Å². The minimum Gasteiger partial charge on any atom is -0.396 e. The molecule has 18 heavy (non-hydrogen) atoms. The number of aliphatic hydroxyl groups excluding tert-OH is 1. The van der Waals surface area contributed by atoms with E-state index in [0.717, 1.165) is 15.6 Å². The van der Waals surface area contributed by atoms with Crippen LogP contribution in [0.1, 0.15) is 19.4 Å². The molecular weight excluding hydrogens is 294 g/mol. The van der Waals surface area contributed by atoms with E-state index in [9.17, 15) is 5.11 Å². The molecule has 1 N–H and O–H groups in total. The third kappa shape index (κ3) is 2.40. The molecule has 0 unspecified atom stereocenters. The SMILES string of the molecule is CC(C)(CO)Cn1cc(C#N)c2ccc(Br)nc21. The van der Waals surface area contributed by atoms with Crippen LogP contribution in [-0.4, -0.2) is 21.3 Å². The van der Waals surface area contributed by atoms with Crippen molar-refractivity contribution in [1.29, 1.82) is 5.26 Å². The standard InChI is InChI=1S/C13H14BrN3O/c1-13(2,8-18)7-17-6-9(5-15)10-3-4-11(14)16-12(10)17/h3-4,6,18H,7-8H2,1-2H3. The Bertz CT molecular complexity index is 625. The van der Waals surface area contributed by atoms with E-state index in [1.54, 1.807) is 6.20 Å². The Morgan fingerprint density at radius 2 is 2.22 bits per heavy atom. The molecule has 0 aliphatic heterocycles. The van der Waals surface area contributed by atoms with Gasteiger partial charge in [-0.3, -0.25) is 0 Å². The van der Waals surface area contributed by atoms with Crippen molar-refractivity contribution in [2.45, 2.75) is 20.4 Å². The number of aliphatic hydroxyl groups is 1. The normalized spacial score (nSPS) is 11.7. The molecule has 0 aromatic carbocycles. The average molecular weight is 308 g/mol. The first kappa shape index (κ1) is 13.1. The zero-order chi connectivity index (χ0) is 13.3. The number of fused-ring (bicyclic) bond motifs is 1. The van der Waals surface area contributed by atoms with E-state index in [1.807, 2.05) is 30.5 Å². The van der Waals surface area contributed by atoms with Crippen LogP contribution in [0.5, 0.6) is 0 Å². The maximum absolute atomic E-state index is 9.34. The van der Waals surface area contributed by atoms with Crippen LogP contribution in [0, 0.1) is 16.7 Å². The van der Waals surface area contributed by atoms with Gasteiger partial charge in [-0.2, -0.15) is 5.26 Å². The largest absolute Gasteiger partial charge is 0.396 e. The van der Waals surface area contributed by atoms with Gasteiger partial charge in [0, 0.05) is 30.1 Å². The topological polar surface area (TPSA) is 61.8 Å². The fraction of sp³-hybridized carbons (Fsp3) is 0.385. The maximum atomic E-state index is 9.34. The van der Waals surface area contributed by atoms with Gasteiger partial charge in [0.15, 0.2) is 0 Å². The van der Waals surface area contributed by atoms with Gasteiger partial charge in [-0.1, -0.05) is 13.8 Å². The first-order chi connectivity index (χ1) is 8.46. The Kier molecular flexibility index (Phi) is 3.42. The number of hydrogen-bond donors (Lipinski definition) is 1. The summed E-state index contributed by atoms with van der Waals surface area (Å²) in [5, 5.41) is 19.3. The van der Waals surface area contributed by atoms with Crippen molar-refractivity contribution >= 4 is 27.0 Å². The van der Waals surface area contributed by atoms with E-state index in [0.29, 0.717) is 12.1 Å². The summed E-state index contributed by atoms with van der Waals surface area (Å²) in [6, 6.07) is 5.88. The second-order valence-electron chi connectivity index (χ2n) is 5.11. The van der Waals surface area contributed by atoms with E-state index >= 15 is 0 Å². The van der Waals surface area contributed by atoms with E-state index in [1.165, 1.54) is 0 Å². The van der Waals surface area contributed by atoms with Crippen LogP contribution in [-0.2, 0) is 6.54 Å². The van der Waals surface area contributed by atoms with Gasteiger partial charge >= 0.3 is 0 Å². The Morgan fingerprint density at radius 3 is 2.83 bits per heavy atom. The molecule has 0 saturated heterocycles. The molecule has 0 radical (unpaired) electrons. The van der Waals surface area contributed by atoms with Gasteiger partial charge < -0.3 is 9.67 Å². The third-order valence-electron chi connectivity index (χ3n) is 2.84. The minimum absolute atomic E-state index is 0.0859. The number of pyridine rings is 1. The highest BCUT2D eigenvalue weighted by Gasteiger charge is 2.20. The molecule has 0 aliphatic carbocycles. The molecule has 0 atom stereocenters. The van der Waals surface area contributed by atoms with Crippen molar-refractivity contribution in [3.05, 3.63) is 28.5 Å². The van der Waals surface area contributed by atoms with Crippen LogP contribution in [0.3, 0.4) is 0 Å². The van der Waals surface area contributed by atoms with Crippen LogP contribution in [0.25, 0.3) is 11.0 Å². The predicted molar refractivity (Wildman–Crippen MR) is 73.0 cm³/mol.